The third-order valence-electron chi connectivity index (χ3n) is 6.51. The lowest BCUT2D eigenvalue weighted by atomic mass is 9.81. The lowest BCUT2D eigenvalue weighted by Gasteiger charge is -2.28. The molecule has 4 rings (SSSR count). The van der Waals surface area contributed by atoms with Gasteiger partial charge in [0.15, 0.2) is 11.5 Å². The van der Waals surface area contributed by atoms with Crippen molar-refractivity contribution in [3.63, 3.8) is 0 Å². The van der Waals surface area contributed by atoms with E-state index in [9.17, 15) is 22.3 Å². The Morgan fingerprint density at radius 1 is 1.02 bits per heavy atom. The van der Waals surface area contributed by atoms with Crippen LogP contribution in [0.25, 0.3) is 5.69 Å². The summed E-state index contributed by atoms with van der Waals surface area (Å²) in [6, 6.07) is 14.9. The second-order valence-electron chi connectivity index (χ2n) is 10.4. The number of hydrogen-bond donors (Lipinski definition) is 3. The number of benzene rings is 3. The van der Waals surface area contributed by atoms with Gasteiger partial charge < -0.3 is 5.11 Å². The number of rotatable bonds is 11. The zero-order valence-corrected chi connectivity index (χ0v) is 26.3. The van der Waals surface area contributed by atoms with Gasteiger partial charge in [0.1, 0.15) is 16.5 Å². The van der Waals surface area contributed by atoms with Gasteiger partial charge in [0.05, 0.1) is 21.9 Å². The number of sulfonamides is 1. The van der Waals surface area contributed by atoms with Crippen molar-refractivity contribution in [3.8, 4) is 5.69 Å². The van der Waals surface area contributed by atoms with Crippen LogP contribution in [0.15, 0.2) is 76.9 Å². The van der Waals surface area contributed by atoms with Crippen LogP contribution in [0, 0.1) is 11.6 Å². The highest BCUT2D eigenvalue weighted by molar-refractivity contribution is 7.98. The number of nitrogens with zero attached hydrogens (tertiary/aromatic N) is 2. The van der Waals surface area contributed by atoms with Gasteiger partial charge in [-0.3, -0.25) is 9.88 Å². The number of aliphatic hydroxyl groups excluding tert-OH is 1. The Morgan fingerprint density at radius 2 is 1.71 bits per heavy atom. The van der Waals surface area contributed by atoms with Crippen molar-refractivity contribution in [2.24, 2.45) is 0 Å². The molecule has 42 heavy (non-hydrogen) atoms. The number of hydrogen-bond acceptors (Lipinski definition) is 6. The molecular formula is C29H30Cl2F2N4O3S2. The Bertz CT molecular complexity index is 1680. The summed E-state index contributed by atoms with van der Waals surface area (Å²) in [4.78, 5) is 4.06. The molecule has 1 heterocycles. The van der Waals surface area contributed by atoms with E-state index in [1.165, 1.54) is 36.0 Å². The summed E-state index contributed by atoms with van der Waals surface area (Å²) in [5.74, 6) is -1.10. The van der Waals surface area contributed by atoms with E-state index >= 15 is 0 Å². The van der Waals surface area contributed by atoms with Gasteiger partial charge >= 0.3 is 0 Å². The molecule has 1 aromatic heterocycles. The molecule has 7 nitrogen and oxygen atoms in total. The molecule has 0 fully saturated rings. The van der Waals surface area contributed by atoms with Crippen molar-refractivity contribution < 1.29 is 22.3 Å². The van der Waals surface area contributed by atoms with Gasteiger partial charge in [0.25, 0.3) is 0 Å². The van der Waals surface area contributed by atoms with Crippen LogP contribution in [0.2, 0.25) is 10.0 Å². The van der Waals surface area contributed by atoms with E-state index in [0.29, 0.717) is 26.5 Å². The first-order valence-electron chi connectivity index (χ1n) is 12.9. The molecule has 4 aromatic rings. The maximum Gasteiger partial charge on any atom is 0.246 e. The minimum Gasteiger partial charge on any atom is -0.365 e. The van der Waals surface area contributed by atoms with Crippen molar-refractivity contribution in [1.29, 1.82) is 0 Å². The van der Waals surface area contributed by atoms with Crippen LogP contribution in [0.1, 0.15) is 44.5 Å². The molecule has 0 bridgehead atoms. The first-order chi connectivity index (χ1) is 19.7. The van der Waals surface area contributed by atoms with E-state index in [1.807, 2.05) is 29.2 Å². The van der Waals surface area contributed by atoms with Crippen LogP contribution in [-0.4, -0.2) is 35.5 Å². The van der Waals surface area contributed by atoms with Gasteiger partial charge in [0, 0.05) is 22.9 Å². The Labute approximate surface area is 258 Å². The lowest BCUT2D eigenvalue weighted by Crippen LogP contribution is -2.47. The summed E-state index contributed by atoms with van der Waals surface area (Å²) in [6.45, 7) is 7.46. The second-order valence-corrected chi connectivity index (χ2v) is 13.8. The molecule has 0 saturated carbocycles. The average molecular weight is 656 g/mol. The minimum absolute atomic E-state index is 0.216. The topological polar surface area (TPSA) is 96.2 Å². The Hall–Kier alpha value is -2.51. The molecule has 0 saturated heterocycles. The fourth-order valence-electron chi connectivity index (χ4n) is 4.30. The van der Waals surface area contributed by atoms with Crippen molar-refractivity contribution in [2.45, 2.75) is 61.3 Å². The quantitative estimate of drug-likeness (QED) is 0.124. The smallest absolute Gasteiger partial charge is 0.246 e. The molecule has 3 N–H and O–H groups in total. The van der Waals surface area contributed by atoms with Crippen molar-refractivity contribution in [2.75, 3.05) is 0 Å². The van der Waals surface area contributed by atoms with Crippen molar-refractivity contribution >= 4 is 45.0 Å². The summed E-state index contributed by atoms with van der Waals surface area (Å²) in [6.07, 6.45) is 0.134. The normalized spacial score (nSPS) is 13.1. The fourth-order valence-corrected chi connectivity index (χ4v) is 6.66. The first kappa shape index (κ1) is 32.4. The van der Waals surface area contributed by atoms with Crippen LogP contribution in [0.3, 0.4) is 0 Å². The predicted octanol–water partition coefficient (Wildman–Crippen LogP) is 6.63. The number of aliphatic hydroxyl groups is 1. The van der Waals surface area contributed by atoms with Crippen LogP contribution < -0.4 is 10.0 Å². The van der Waals surface area contributed by atoms with Gasteiger partial charge in [-0.2, -0.15) is 4.72 Å². The average Bonchev–Trinajstić information content (AvgIpc) is 3.34. The molecule has 0 aliphatic rings. The number of imidazole rings is 1. The van der Waals surface area contributed by atoms with Crippen LogP contribution in [0.4, 0.5) is 8.78 Å². The molecule has 13 heteroatoms. The van der Waals surface area contributed by atoms with Gasteiger partial charge in [-0.05, 0) is 73.5 Å². The number of thioether (sulfide) groups is 1. The van der Waals surface area contributed by atoms with Gasteiger partial charge in [0.2, 0.25) is 10.0 Å². The molecule has 0 aliphatic carbocycles. The fraction of sp³-hybridized carbons (Fsp3) is 0.276. The second kappa shape index (κ2) is 13.0. The van der Waals surface area contributed by atoms with E-state index in [4.69, 9.17) is 23.2 Å². The van der Waals surface area contributed by atoms with Crippen LogP contribution >= 0.6 is 35.0 Å². The highest BCUT2D eigenvalue weighted by Crippen LogP contribution is 2.38. The van der Waals surface area contributed by atoms with Crippen molar-refractivity contribution in [1.82, 2.24) is 19.6 Å². The summed E-state index contributed by atoms with van der Waals surface area (Å²) in [5, 5.41) is 14.0. The Balaban J connectivity index is 1.68. The number of nitrogens with one attached hydrogen (secondary N) is 2. The number of halogens is 4. The van der Waals surface area contributed by atoms with Gasteiger partial charge in [-0.15, -0.1) is 0 Å². The first-order valence-corrected chi connectivity index (χ1v) is 16.1. The zero-order chi connectivity index (χ0) is 30.8. The highest BCUT2D eigenvalue weighted by Gasteiger charge is 2.30. The van der Waals surface area contributed by atoms with E-state index in [2.05, 4.69) is 10.3 Å². The monoisotopic (exact) mass is 654 g/mol. The molecule has 1 atom stereocenters. The summed E-state index contributed by atoms with van der Waals surface area (Å²) in [5.41, 5.74) is 2.23. The minimum atomic E-state index is -4.37. The molecule has 0 aliphatic heterocycles. The van der Waals surface area contributed by atoms with Crippen molar-refractivity contribution in [3.05, 3.63) is 105 Å². The van der Waals surface area contributed by atoms with E-state index in [1.54, 1.807) is 44.3 Å². The molecule has 0 spiro atoms. The molecule has 3 aromatic carbocycles. The summed E-state index contributed by atoms with van der Waals surface area (Å²) in [7, 11) is -4.37. The predicted molar refractivity (Wildman–Crippen MR) is 163 cm³/mol. The largest absolute Gasteiger partial charge is 0.365 e. The molecular weight excluding hydrogens is 625 g/mol. The SMILES string of the molecule is CC(C)NC(O)NS(=O)(=O)c1cc(CSc2ncc(C(C)(C)c3ccc(Cl)c(Cl)c3)n2-c2ccc(F)cc2)ccc1F. The van der Waals surface area contributed by atoms with Crippen LogP contribution in [-0.2, 0) is 21.2 Å². The highest BCUT2D eigenvalue weighted by atomic mass is 35.5. The van der Waals surface area contributed by atoms with E-state index < -0.39 is 32.5 Å². The maximum atomic E-state index is 14.6. The van der Waals surface area contributed by atoms with Crippen LogP contribution in [0.5, 0.6) is 0 Å². The third-order valence-corrected chi connectivity index (χ3v) is 9.70. The third kappa shape index (κ3) is 7.34. The standard InChI is InChI=1S/C29H30Cl2F2N4O3S2/c1-17(2)35-27(38)36-42(39,40)25-13-18(5-12-24(25)33)16-41-28-34-15-26(37(28)21-9-7-20(32)8-10-21)29(3,4)19-6-11-22(30)23(31)14-19/h5-15,17,27,35-36,38H,16H2,1-4H3. The van der Waals surface area contributed by atoms with Gasteiger partial charge in [-0.25, -0.2) is 22.2 Å². The molecule has 0 radical (unpaired) electrons. The van der Waals surface area contributed by atoms with E-state index in [-0.39, 0.29) is 17.6 Å². The Morgan fingerprint density at radius 3 is 2.36 bits per heavy atom. The van der Waals surface area contributed by atoms with Gasteiger partial charge in [-0.1, -0.05) is 60.9 Å². The lowest BCUT2D eigenvalue weighted by molar-refractivity contribution is 0.117. The maximum absolute atomic E-state index is 14.6. The molecule has 224 valence electrons. The van der Waals surface area contributed by atoms with E-state index in [0.717, 1.165) is 17.3 Å². The zero-order valence-electron chi connectivity index (χ0n) is 23.2. The molecule has 1 unspecified atom stereocenters. The number of aromatic nitrogens is 2. The summed E-state index contributed by atoms with van der Waals surface area (Å²) >= 11 is 13.8. The Kier molecular flexibility index (Phi) is 10.0. The molecule has 0 amide bonds. The summed E-state index contributed by atoms with van der Waals surface area (Å²) < 4.78 is 58.0.